The lowest BCUT2D eigenvalue weighted by Gasteiger charge is -2.16. The van der Waals surface area contributed by atoms with Crippen molar-refractivity contribution in [3.05, 3.63) is 83.4 Å². The van der Waals surface area contributed by atoms with E-state index in [9.17, 15) is 23.1 Å². The summed E-state index contributed by atoms with van der Waals surface area (Å²) in [5.74, 6) is -0.777. The molecule has 3 rings (SSSR count). The zero-order valence-corrected chi connectivity index (χ0v) is 21.0. The normalized spacial score (nSPS) is 11.2. The summed E-state index contributed by atoms with van der Waals surface area (Å²) >= 11 is 0. The topological polar surface area (TPSA) is 119 Å². The number of ether oxygens (including phenoxy) is 2. The fraction of sp³-hybridized carbons (Fsp3) is 0.259. The van der Waals surface area contributed by atoms with Crippen molar-refractivity contribution in [2.75, 3.05) is 19.9 Å². The van der Waals surface area contributed by atoms with Crippen molar-refractivity contribution in [2.24, 2.45) is 0 Å². The summed E-state index contributed by atoms with van der Waals surface area (Å²) in [6.07, 6.45) is 1.12. The number of carboxylic acid groups (broad SMARTS) is 1. The van der Waals surface area contributed by atoms with Gasteiger partial charge in [-0.2, -0.15) is 0 Å². The Hall–Kier alpha value is -3.69. The van der Waals surface area contributed by atoms with Gasteiger partial charge in [-0.25, -0.2) is 8.42 Å². The molecule has 9 heteroatoms. The molecule has 0 unspecified atom stereocenters. The van der Waals surface area contributed by atoms with Crippen molar-refractivity contribution in [1.29, 1.82) is 0 Å². The number of hydrogen-bond acceptors (Lipinski definition) is 7. The molecular formula is C27H29NO7S. The Morgan fingerprint density at radius 2 is 1.69 bits per heavy atom. The number of methoxy groups -OCH3 is 1. The maximum atomic E-state index is 12.2. The van der Waals surface area contributed by atoms with Gasteiger partial charge >= 0.3 is 11.9 Å². The zero-order chi connectivity index (χ0) is 26.1. The Morgan fingerprint density at radius 3 is 2.36 bits per heavy atom. The second kappa shape index (κ2) is 12.3. The number of carbonyl (C=O) groups excluding carboxylic acids is 1. The third-order valence-corrected chi connectivity index (χ3v) is 6.59. The van der Waals surface area contributed by atoms with E-state index in [2.05, 4.69) is 5.32 Å². The molecule has 8 nitrogen and oxygen atoms in total. The molecule has 0 radical (unpaired) electrons. The quantitative estimate of drug-likeness (QED) is 0.280. The summed E-state index contributed by atoms with van der Waals surface area (Å²) < 4.78 is 35.1. The van der Waals surface area contributed by atoms with Crippen LogP contribution in [0.3, 0.4) is 0 Å². The van der Waals surface area contributed by atoms with Crippen LogP contribution >= 0.6 is 0 Å². The monoisotopic (exact) mass is 511 g/mol. The highest BCUT2D eigenvalue weighted by Gasteiger charge is 2.16. The van der Waals surface area contributed by atoms with Crippen LogP contribution in [0.5, 0.6) is 5.75 Å². The van der Waals surface area contributed by atoms with Crippen LogP contribution in [0.15, 0.2) is 71.6 Å². The average Bonchev–Trinajstić information content (AvgIpc) is 2.85. The first-order valence-corrected chi connectivity index (χ1v) is 13.2. The third-order valence-electron chi connectivity index (χ3n) is 5.48. The number of esters is 1. The fourth-order valence-electron chi connectivity index (χ4n) is 3.68. The predicted molar refractivity (Wildman–Crippen MR) is 135 cm³/mol. The average molecular weight is 512 g/mol. The smallest absolute Gasteiger partial charge is 0.307 e. The van der Waals surface area contributed by atoms with Crippen LogP contribution in [-0.2, 0) is 43.7 Å². The highest BCUT2D eigenvalue weighted by Crippen LogP contribution is 2.34. The van der Waals surface area contributed by atoms with Gasteiger partial charge in [-0.05, 0) is 46.5 Å². The number of carboxylic acids is 1. The van der Waals surface area contributed by atoms with Crippen LogP contribution in [0.4, 0.5) is 0 Å². The van der Waals surface area contributed by atoms with Crippen LogP contribution in [0.2, 0.25) is 0 Å². The van der Waals surface area contributed by atoms with Crippen molar-refractivity contribution in [1.82, 2.24) is 5.32 Å². The van der Waals surface area contributed by atoms with Crippen LogP contribution < -0.4 is 10.1 Å². The first-order valence-electron chi connectivity index (χ1n) is 11.3. The maximum Gasteiger partial charge on any atom is 0.307 e. The van der Waals surface area contributed by atoms with Gasteiger partial charge in [0.15, 0.2) is 9.84 Å². The first-order chi connectivity index (χ1) is 17.2. The Labute approximate surface area is 210 Å². The number of aliphatic carboxylic acids is 1. The summed E-state index contributed by atoms with van der Waals surface area (Å²) in [7, 11) is -1.94. The molecule has 0 amide bonds. The van der Waals surface area contributed by atoms with Gasteiger partial charge < -0.3 is 19.9 Å². The number of benzene rings is 3. The molecule has 0 aromatic heterocycles. The van der Waals surface area contributed by atoms with Crippen LogP contribution in [0.1, 0.15) is 23.1 Å². The summed E-state index contributed by atoms with van der Waals surface area (Å²) in [6, 6.07) is 19.3. The Balaban J connectivity index is 1.76. The Morgan fingerprint density at radius 1 is 0.944 bits per heavy atom. The lowest BCUT2D eigenvalue weighted by molar-refractivity contribution is -0.144. The van der Waals surface area contributed by atoms with Gasteiger partial charge in [0.2, 0.25) is 0 Å². The minimum Gasteiger partial charge on any atom is -0.496 e. The number of carbonyl (C=O) groups is 2. The van der Waals surface area contributed by atoms with Gasteiger partial charge in [0.1, 0.15) is 12.4 Å². The van der Waals surface area contributed by atoms with E-state index in [4.69, 9.17) is 9.47 Å². The second-order valence-corrected chi connectivity index (χ2v) is 10.3. The summed E-state index contributed by atoms with van der Waals surface area (Å²) in [5, 5.41) is 12.4. The van der Waals surface area contributed by atoms with Crippen LogP contribution in [0, 0.1) is 0 Å². The van der Waals surface area contributed by atoms with E-state index in [1.165, 1.54) is 13.2 Å². The van der Waals surface area contributed by atoms with E-state index < -0.39 is 15.8 Å². The lowest BCUT2D eigenvalue weighted by Crippen LogP contribution is -2.19. The molecule has 36 heavy (non-hydrogen) atoms. The Kier molecular flexibility index (Phi) is 9.21. The molecule has 0 aliphatic rings. The molecule has 0 bridgehead atoms. The fourth-order valence-corrected chi connectivity index (χ4v) is 4.36. The third kappa shape index (κ3) is 7.66. The van der Waals surface area contributed by atoms with Crippen LogP contribution in [0.25, 0.3) is 11.1 Å². The van der Waals surface area contributed by atoms with Crippen molar-refractivity contribution in [2.45, 2.75) is 30.9 Å². The summed E-state index contributed by atoms with van der Waals surface area (Å²) in [6.45, 7) is 0.802. The SMILES string of the molecule is COc1ccc(CC(=O)O)cc1-c1ccc(S(C)(=O)=O)cc1CNCCC(=O)OCc1ccccc1. The molecule has 190 valence electrons. The van der Waals surface area contributed by atoms with Gasteiger partial charge in [-0.15, -0.1) is 0 Å². The lowest BCUT2D eigenvalue weighted by atomic mass is 9.96. The molecule has 0 fully saturated rings. The minimum atomic E-state index is -3.45. The van der Waals surface area contributed by atoms with E-state index in [0.717, 1.165) is 11.8 Å². The van der Waals surface area contributed by atoms with Crippen molar-refractivity contribution >= 4 is 21.8 Å². The number of hydrogen-bond donors (Lipinski definition) is 2. The van der Waals surface area contributed by atoms with Gasteiger partial charge in [0.25, 0.3) is 0 Å². The van der Waals surface area contributed by atoms with Gasteiger partial charge in [0, 0.05) is 24.9 Å². The Bertz CT molecular complexity index is 1320. The van der Waals surface area contributed by atoms with Crippen LogP contribution in [-0.4, -0.2) is 45.4 Å². The number of nitrogens with one attached hydrogen (secondary N) is 1. The molecule has 0 saturated carbocycles. The molecule has 0 aliphatic carbocycles. The molecule has 0 atom stereocenters. The largest absolute Gasteiger partial charge is 0.496 e. The van der Waals surface area contributed by atoms with Gasteiger partial charge in [0.05, 0.1) is 24.8 Å². The van der Waals surface area contributed by atoms with E-state index in [1.807, 2.05) is 30.3 Å². The van der Waals surface area contributed by atoms with Crippen molar-refractivity contribution in [3.8, 4) is 16.9 Å². The van der Waals surface area contributed by atoms with E-state index in [0.29, 0.717) is 34.5 Å². The summed E-state index contributed by atoms with van der Waals surface area (Å²) in [4.78, 5) is 23.5. The zero-order valence-electron chi connectivity index (χ0n) is 20.2. The highest BCUT2D eigenvalue weighted by atomic mass is 32.2. The van der Waals surface area contributed by atoms with E-state index >= 15 is 0 Å². The first kappa shape index (κ1) is 26.9. The molecule has 2 N–H and O–H groups in total. The van der Waals surface area contributed by atoms with Crippen molar-refractivity contribution in [3.63, 3.8) is 0 Å². The predicted octanol–water partition coefficient (Wildman–Crippen LogP) is 3.62. The molecule has 0 spiro atoms. The number of sulfone groups is 1. The molecule has 0 heterocycles. The summed E-state index contributed by atoms with van der Waals surface area (Å²) in [5.41, 5.74) is 3.51. The molecule has 3 aromatic rings. The molecular weight excluding hydrogens is 482 g/mol. The van der Waals surface area contributed by atoms with Gasteiger partial charge in [-0.3, -0.25) is 9.59 Å². The maximum absolute atomic E-state index is 12.2. The van der Waals surface area contributed by atoms with E-state index in [1.54, 1.807) is 30.3 Å². The van der Waals surface area contributed by atoms with E-state index in [-0.39, 0.29) is 36.9 Å². The molecule has 3 aromatic carbocycles. The van der Waals surface area contributed by atoms with Crippen molar-refractivity contribution < 1.29 is 32.6 Å². The standard InChI is InChI=1S/C27H29NO7S/c1-34-25-11-8-20(15-26(29)30)14-24(25)23-10-9-22(36(2,32)33)16-21(23)17-28-13-12-27(31)35-18-19-6-4-3-5-7-19/h3-11,14,16,28H,12-13,15,17-18H2,1-2H3,(H,29,30). The second-order valence-electron chi connectivity index (χ2n) is 8.27. The van der Waals surface area contributed by atoms with Gasteiger partial charge in [-0.1, -0.05) is 42.5 Å². The number of rotatable bonds is 12. The molecule has 0 saturated heterocycles. The minimum absolute atomic E-state index is 0.144. The molecule has 0 aliphatic heterocycles. The highest BCUT2D eigenvalue weighted by molar-refractivity contribution is 7.90.